The normalized spacial score (nSPS) is 20.9. The summed E-state index contributed by atoms with van der Waals surface area (Å²) in [6.07, 6.45) is 2.73. The summed E-state index contributed by atoms with van der Waals surface area (Å²) in [5.74, 6) is 2.42. The third kappa shape index (κ3) is 29.3. The van der Waals surface area contributed by atoms with Gasteiger partial charge in [-0.3, -0.25) is 0 Å². The van der Waals surface area contributed by atoms with Crippen molar-refractivity contribution in [3.63, 3.8) is 0 Å². The van der Waals surface area contributed by atoms with E-state index in [0.717, 1.165) is 32.1 Å². The monoisotopic (exact) mass is 1880 g/mol. The van der Waals surface area contributed by atoms with E-state index in [-0.39, 0.29) is 144 Å². The van der Waals surface area contributed by atoms with Gasteiger partial charge in [-0.25, -0.2) is 0 Å². The fraction of sp³-hybridized carbons (Fsp3) is 0.535. The number of aliphatic hydroxyl groups excluding tert-OH is 5. The molecule has 10 aromatic carbocycles. The fourth-order valence-electron chi connectivity index (χ4n) is 20.7. The van der Waals surface area contributed by atoms with Gasteiger partial charge in [0.25, 0.3) is 0 Å². The van der Waals surface area contributed by atoms with E-state index in [9.17, 15) is 25.5 Å². The maximum Gasteiger partial charge on any atom is 0.0679 e. The summed E-state index contributed by atoms with van der Waals surface area (Å²) >= 11 is 0. The van der Waals surface area contributed by atoms with Crippen molar-refractivity contribution < 1.29 is 25.5 Å². The predicted molar refractivity (Wildman–Crippen MR) is 591 cm³/mol. The van der Waals surface area contributed by atoms with Gasteiger partial charge in [0.1, 0.15) is 0 Å². The van der Waals surface area contributed by atoms with E-state index in [0.29, 0.717) is 44.6 Å². The number of rotatable bonds is 19. The van der Waals surface area contributed by atoms with Crippen LogP contribution in [-0.2, 0) is 54.1 Å². The lowest BCUT2D eigenvalue weighted by atomic mass is 9.73. The molecule has 0 radical (unpaired) electrons. The standard InChI is InChI=1S/C29H43NO.4C25H35NO/c1-19(2)28(5,6)23-13-9-21(10-14-23)27(26-17-25(31)18-30-26)22-11-15-24(16-12-22)29(7,8)20(3)4;4*1-24(2,3)19-11-7-17(8-12-19)23(22-15-21(27)16-26-22)18-9-13-20(14-10-18)25(4,5)6/h9-16,19-20,25-27,30-31H,17-18H2,1-8H3;4*7-14,21-23,26-27H,15-16H2,1-6H3/t25-,26+;2*21-,22+;2*21-,22-/m01010/s1. The smallest absolute Gasteiger partial charge is 0.0679 e. The van der Waals surface area contributed by atoms with Gasteiger partial charge in [-0.15, -0.1) is 0 Å². The van der Waals surface area contributed by atoms with Crippen LogP contribution in [0.25, 0.3) is 0 Å². The van der Waals surface area contributed by atoms with Crippen LogP contribution in [0.15, 0.2) is 243 Å². The number of hydrogen-bond acceptors (Lipinski definition) is 10. The molecule has 10 aromatic rings. The quantitative estimate of drug-likeness (QED) is 0.0377. The molecule has 5 fully saturated rings. The Kier molecular flexibility index (Phi) is 36.3. The Hall–Kier alpha value is -8.20. The Morgan fingerprint density at radius 1 is 0.173 bits per heavy atom. The summed E-state index contributed by atoms with van der Waals surface area (Å²) < 4.78 is 0. The van der Waals surface area contributed by atoms with E-state index < -0.39 is 0 Å². The highest BCUT2D eigenvalue weighted by Gasteiger charge is 2.40. The molecule has 10 atom stereocenters. The van der Waals surface area contributed by atoms with Gasteiger partial charge in [0.2, 0.25) is 0 Å². The Bertz CT molecular complexity index is 4590. The molecular weight excluding hydrogens is 1700 g/mol. The topological polar surface area (TPSA) is 161 Å². The largest absolute Gasteiger partial charge is 0.392 e. The van der Waals surface area contributed by atoms with E-state index in [1.54, 1.807) is 0 Å². The molecule has 5 aliphatic heterocycles. The first-order chi connectivity index (χ1) is 64.7. The number of aliphatic hydroxyl groups is 5. The van der Waals surface area contributed by atoms with Crippen molar-refractivity contribution in [1.29, 1.82) is 0 Å². The molecule has 5 heterocycles. The Balaban J connectivity index is 0.000000167. The summed E-state index contributed by atoms with van der Waals surface area (Å²) in [7, 11) is 0. The Morgan fingerprint density at radius 2 is 0.273 bits per heavy atom. The molecule has 0 amide bonds. The second-order valence-corrected chi connectivity index (χ2v) is 51.9. The number of β-amino-alcohol motifs (C(OH)–C–C–N with tert-alkyl or cyclic N) is 5. The summed E-state index contributed by atoms with van der Waals surface area (Å²) in [6, 6.07) is 92.3. The van der Waals surface area contributed by atoms with Crippen LogP contribution in [0, 0.1) is 11.8 Å². The number of nitrogens with one attached hydrogen (secondary N) is 5. The first-order valence-electron chi connectivity index (χ1n) is 52.8. The molecule has 0 aromatic heterocycles. The molecule has 754 valence electrons. The van der Waals surface area contributed by atoms with Gasteiger partial charge in [-0.1, -0.05) is 464 Å². The molecule has 10 heteroatoms. The van der Waals surface area contributed by atoms with Gasteiger partial charge in [0.05, 0.1) is 30.5 Å². The van der Waals surface area contributed by atoms with Crippen molar-refractivity contribution >= 4 is 0 Å². The Morgan fingerprint density at radius 3 is 0.353 bits per heavy atom. The van der Waals surface area contributed by atoms with Crippen LogP contribution in [-0.4, -0.2) is 119 Å². The van der Waals surface area contributed by atoms with Crippen molar-refractivity contribution in [2.24, 2.45) is 11.8 Å². The zero-order valence-electron chi connectivity index (χ0n) is 91.7. The lowest BCUT2D eigenvalue weighted by Crippen LogP contribution is -2.30. The van der Waals surface area contributed by atoms with Crippen LogP contribution in [0.4, 0.5) is 0 Å². The molecule has 139 heavy (non-hydrogen) atoms. The Labute approximate surface area is 843 Å². The summed E-state index contributed by atoms with van der Waals surface area (Å²) in [6.45, 7) is 75.9. The number of hydrogen-bond donors (Lipinski definition) is 10. The molecule has 0 saturated carbocycles. The minimum absolute atomic E-state index is 0.153. The van der Waals surface area contributed by atoms with Crippen molar-refractivity contribution in [3.05, 3.63) is 354 Å². The average Bonchev–Trinajstić information content (AvgIpc) is 1.77. The highest BCUT2D eigenvalue weighted by Crippen LogP contribution is 2.44. The third-order valence-electron chi connectivity index (χ3n) is 31.7. The second-order valence-electron chi connectivity index (χ2n) is 51.9. The third-order valence-corrected chi connectivity index (χ3v) is 31.7. The molecule has 0 spiro atoms. The van der Waals surface area contributed by atoms with Crippen molar-refractivity contribution in [1.82, 2.24) is 26.6 Å². The van der Waals surface area contributed by atoms with Crippen LogP contribution in [0.1, 0.15) is 395 Å². The zero-order valence-corrected chi connectivity index (χ0v) is 91.7. The molecule has 0 bridgehead atoms. The lowest BCUT2D eigenvalue weighted by Gasteiger charge is -2.32. The van der Waals surface area contributed by atoms with Gasteiger partial charge < -0.3 is 52.1 Å². The maximum absolute atomic E-state index is 10.2. The van der Waals surface area contributed by atoms with Crippen LogP contribution >= 0.6 is 0 Å². The van der Waals surface area contributed by atoms with E-state index in [4.69, 9.17) is 0 Å². The van der Waals surface area contributed by atoms with Gasteiger partial charge in [0, 0.05) is 92.5 Å². The molecule has 5 saturated heterocycles. The van der Waals surface area contributed by atoms with Gasteiger partial charge in [-0.2, -0.15) is 0 Å². The van der Waals surface area contributed by atoms with E-state index in [1.807, 2.05) is 0 Å². The molecule has 10 N–H and O–H groups in total. The maximum atomic E-state index is 10.2. The second kappa shape index (κ2) is 45.4. The van der Waals surface area contributed by atoms with Crippen LogP contribution in [0.2, 0.25) is 0 Å². The lowest BCUT2D eigenvalue weighted by molar-refractivity contribution is 0.192. The van der Waals surface area contributed by atoms with Gasteiger partial charge >= 0.3 is 0 Å². The van der Waals surface area contributed by atoms with E-state index in [2.05, 4.69) is 491 Å². The average molecular weight is 1880 g/mol. The highest BCUT2D eigenvalue weighted by atomic mass is 16.3. The van der Waals surface area contributed by atoms with E-state index >= 15 is 0 Å². The first kappa shape index (κ1) is 111. The van der Waals surface area contributed by atoms with Crippen molar-refractivity contribution in [2.45, 2.75) is 398 Å². The SMILES string of the molecule is CC(C)(C)c1ccc(C(c2ccc(C(C)(C)C)cc2)[C@@H]2C[C@@H](O)CN2)cc1.CC(C)(C)c1ccc(C(c2ccc(C(C)(C)C)cc2)[C@@H]2C[C@H](O)CN2)cc1.CC(C)(C)c1ccc(C(c2ccc(C(C)(C)C)cc2)[C@H]2C[C@@H](O)CN2)cc1.CC(C)(C)c1ccc(C(c2ccc(C(C)(C)C)cc2)[C@H]2C[C@H](O)CN2)cc1.CC(C)C(C)(C)c1ccc(C(c2ccc(C(C)(C)C(C)C)cc2)[C@H]2C[C@H](O)CN2)cc1. The van der Waals surface area contributed by atoms with Crippen LogP contribution in [0.5, 0.6) is 0 Å². The van der Waals surface area contributed by atoms with Crippen molar-refractivity contribution in [3.8, 4) is 0 Å². The van der Waals surface area contributed by atoms with Crippen molar-refractivity contribution in [2.75, 3.05) is 32.7 Å². The van der Waals surface area contributed by atoms with Gasteiger partial charge in [0.15, 0.2) is 0 Å². The predicted octanol–water partition coefficient (Wildman–Crippen LogP) is 27.0. The zero-order chi connectivity index (χ0) is 102. The molecule has 0 unspecified atom stereocenters. The number of benzene rings is 10. The molecule has 5 aliphatic rings. The minimum Gasteiger partial charge on any atom is -0.392 e. The summed E-state index contributed by atoms with van der Waals surface area (Å²) in [5.41, 5.74) is 28.4. The summed E-state index contributed by atoms with van der Waals surface area (Å²) in [4.78, 5) is 0. The molecular formula is C129H183N5O5. The van der Waals surface area contributed by atoms with Gasteiger partial charge in [-0.05, 0) is 209 Å². The highest BCUT2D eigenvalue weighted by molar-refractivity contribution is 5.47. The minimum atomic E-state index is -0.259. The van der Waals surface area contributed by atoms with Crippen LogP contribution < -0.4 is 26.6 Å². The molecule has 10 nitrogen and oxygen atoms in total. The molecule has 15 rings (SSSR count). The molecule has 0 aliphatic carbocycles. The van der Waals surface area contributed by atoms with Crippen LogP contribution in [0.3, 0.4) is 0 Å². The summed E-state index contributed by atoms with van der Waals surface area (Å²) in [5, 5.41) is 68.3. The first-order valence-corrected chi connectivity index (χ1v) is 52.8. The fourth-order valence-corrected chi connectivity index (χ4v) is 20.7. The van der Waals surface area contributed by atoms with E-state index in [1.165, 1.54) is 111 Å².